The molecule has 6 aromatic rings. The first-order valence-corrected chi connectivity index (χ1v) is 10.8. The van der Waals surface area contributed by atoms with Crippen LogP contribution in [-0.2, 0) is 0 Å². The zero-order valence-electron chi connectivity index (χ0n) is 18.0. The van der Waals surface area contributed by atoms with E-state index >= 15 is 0 Å². The van der Waals surface area contributed by atoms with Crippen LogP contribution in [0.1, 0.15) is 5.56 Å². The molecule has 0 amide bonds. The molecule has 5 nitrogen and oxygen atoms in total. The van der Waals surface area contributed by atoms with Crippen LogP contribution in [0.25, 0.3) is 39.4 Å². The fourth-order valence-corrected chi connectivity index (χ4v) is 3.89. The van der Waals surface area contributed by atoms with Crippen molar-refractivity contribution in [2.24, 2.45) is 0 Å². The molecule has 2 heterocycles. The normalized spacial score (nSPS) is 11.2. The van der Waals surface area contributed by atoms with E-state index in [1.807, 2.05) is 78.9 Å². The molecule has 0 aliphatic rings. The Morgan fingerprint density at radius 3 is 1.97 bits per heavy atom. The lowest BCUT2D eigenvalue weighted by atomic mass is 10.1. The molecule has 0 fully saturated rings. The van der Waals surface area contributed by atoms with Crippen molar-refractivity contribution < 1.29 is 4.74 Å². The molecule has 0 spiro atoms. The first-order chi connectivity index (χ1) is 16.2. The van der Waals surface area contributed by atoms with Crippen molar-refractivity contribution in [3.8, 4) is 28.6 Å². The van der Waals surface area contributed by atoms with Gasteiger partial charge in [-0.05, 0) is 55.5 Å². The topological polar surface area (TPSA) is 52.8 Å². The highest BCUT2D eigenvalue weighted by Crippen LogP contribution is 2.30. The van der Waals surface area contributed by atoms with E-state index in [4.69, 9.17) is 19.7 Å². The van der Waals surface area contributed by atoms with Crippen LogP contribution in [-0.4, -0.2) is 19.5 Å². The smallest absolute Gasteiger partial charge is 0.199 e. The Balaban J connectivity index is 1.51. The number of rotatable bonds is 4. The van der Waals surface area contributed by atoms with Crippen LogP contribution < -0.4 is 4.74 Å². The Morgan fingerprint density at radius 1 is 0.606 bits per heavy atom. The van der Waals surface area contributed by atoms with Crippen LogP contribution in [0.15, 0.2) is 103 Å². The summed E-state index contributed by atoms with van der Waals surface area (Å²) in [6.45, 7) is 2.08. The Morgan fingerprint density at radius 2 is 1.24 bits per heavy atom. The molecule has 0 radical (unpaired) electrons. The second kappa shape index (κ2) is 7.88. The van der Waals surface area contributed by atoms with Crippen molar-refractivity contribution in [3.05, 3.63) is 109 Å². The Kier molecular flexibility index (Phi) is 4.58. The number of ether oxygens (including phenoxy) is 1. The van der Waals surface area contributed by atoms with Gasteiger partial charge in [-0.1, -0.05) is 60.2 Å². The summed E-state index contributed by atoms with van der Waals surface area (Å²) in [6, 6.07) is 33.9. The van der Waals surface area contributed by atoms with E-state index in [-0.39, 0.29) is 0 Å². The third-order valence-electron chi connectivity index (χ3n) is 5.55. The molecule has 0 N–H and O–H groups in total. The summed E-state index contributed by atoms with van der Waals surface area (Å²) in [5, 5.41) is 0. The molecule has 0 bridgehead atoms. The van der Waals surface area contributed by atoms with Crippen molar-refractivity contribution in [2.75, 3.05) is 0 Å². The minimum absolute atomic E-state index is 0.619. The van der Waals surface area contributed by atoms with Gasteiger partial charge in [-0.2, -0.15) is 0 Å². The number of hydrogen-bond donors (Lipinski definition) is 0. The van der Waals surface area contributed by atoms with Gasteiger partial charge >= 0.3 is 0 Å². The van der Waals surface area contributed by atoms with E-state index in [2.05, 4.69) is 35.8 Å². The van der Waals surface area contributed by atoms with Crippen LogP contribution in [0, 0.1) is 6.92 Å². The number of para-hydroxylation sites is 3. The van der Waals surface area contributed by atoms with Crippen molar-refractivity contribution in [3.63, 3.8) is 0 Å². The van der Waals surface area contributed by atoms with E-state index in [1.54, 1.807) is 0 Å². The lowest BCUT2D eigenvalue weighted by molar-refractivity contribution is 0.482. The summed E-state index contributed by atoms with van der Waals surface area (Å²) < 4.78 is 8.03. The van der Waals surface area contributed by atoms with E-state index in [0.717, 1.165) is 45.3 Å². The lowest BCUT2D eigenvalue weighted by Crippen LogP contribution is -1.99. The van der Waals surface area contributed by atoms with Gasteiger partial charge in [0, 0.05) is 11.3 Å². The van der Waals surface area contributed by atoms with Crippen LogP contribution in [0.5, 0.6) is 11.5 Å². The molecule has 4 aromatic carbocycles. The van der Waals surface area contributed by atoms with Crippen LogP contribution in [0.2, 0.25) is 0 Å². The third-order valence-corrected chi connectivity index (χ3v) is 5.55. The number of imidazole rings is 1. The summed E-state index contributed by atoms with van der Waals surface area (Å²) in [5.41, 5.74) is 6.16. The van der Waals surface area contributed by atoms with Gasteiger partial charge in [0.15, 0.2) is 11.3 Å². The van der Waals surface area contributed by atoms with E-state index in [1.165, 1.54) is 5.56 Å². The highest BCUT2D eigenvalue weighted by Gasteiger charge is 2.17. The fourth-order valence-electron chi connectivity index (χ4n) is 3.89. The standard InChI is InChI=1S/C28H20N4O/c1-19-11-13-20(14-12-19)27-31-26-28(30-25-10-6-5-9-24(25)29-26)32(27)21-15-17-23(18-16-21)33-22-7-3-2-4-8-22/h2-18H,1H3. The van der Waals surface area contributed by atoms with Crippen molar-refractivity contribution in [1.82, 2.24) is 19.5 Å². The van der Waals surface area contributed by atoms with Crippen molar-refractivity contribution >= 4 is 22.3 Å². The quantitative estimate of drug-likeness (QED) is 0.312. The summed E-state index contributed by atoms with van der Waals surface area (Å²) in [7, 11) is 0. The zero-order valence-corrected chi connectivity index (χ0v) is 18.0. The highest BCUT2D eigenvalue weighted by molar-refractivity contribution is 5.86. The van der Waals surface area contributed by atoms with Gasteiger partial charge in [-0.15, -0.1) is 0 Å². The molecule has 5 heteroatoms. The predicted molar refractivity (Wildman–Crippen MR) is 131 cm³/mol. The van der Waals surface area contributed by atoms with Gasteiger partial charge in [0.1, 0.15) is 17.3 Å². The molecule has 0 saturated carbocycles. The molecule has 6 rings (SSSR count). The molecule has 0 unspecified atom stereocenters. The molecular weight excluding hydrogens is 408 g/mol. The monoisotopic (exact) mass is 428 g/mol. The Labute approximate surface area is 191 Å². The van der Waals surface area contributed by atoms with E-state index < -0.39 is 0 Å². The van der Waals surface area contributed by atoms with Gasteiger partial charge in [0.2, 0.25) is 0 Å². The van der Waals surface area contributed by atoms with Gasteiger partial charge < -0.3 is 4.74 Å². The summed E-state index contributed by atoms with van der Waals surface area (Å²) in [5.74, 6) is 2.37. The Hall–Kier alpha value is -4.51. The van der Waals surface area contributed by atoms with Crippen LogP contribution >= 0.6 is 0 Å². The zero-order chi connectivity index (χ0) is 22.2. The van der Waals surface area contributed by atoms with Crippen LogP contribution in [0.4, 0.5) is 0 Å². The maximum atomic E-state index is 5.97. The molecule has 0 aliphatic carbocycles. The SMILES string of the molecule is Cc1ccc(-c2nc3nc4ccccc4nc3n2-c2ccc(Oc3ccccc3)cc2)cc1. The summed E-state index contributed by atoms with van der Waals surface area (Å²) in [4.78, 5) is 14.6. The van der Waals surface area contributed by atoms with E-state index in [9.17, 15) is 0 Å². The average Bonchev–Trinajstić information content (AvgIpc) is 3.22. The third kappa shape index (κ3) is 3.59. The van der Waals surface area contributed by atoms with Crippen molar-refractivity contribution in [2.45, 2.75) is 6.92 Å². The van der Waals surface area contributed by atoms with Crippen molar-refractivity contribution in [1.29, 1.82) is 0 Å². The second-order valence-corrected chi connectivity index (χ2v) is 7.91. The van der Waals surface area contributed by atoms with E-state index in [0.29, 0.717) is 5.65 Å². The highest BCUT2D eigenvalue weighted by atomic mass is 16.5. The predicted octanol–water partition coefficient (Wildman–Crippen LogP) is 6.74. The first kappa shape index (κ1) is 19.2. The van der Waals surface area contributed by atoms with Gasteiger partial charge in [-0.3, -0.25) is 4.57 Å². The number of benzene rings is 4. The number of aryl methyl sites for hydroxylation is 1. The number of aromatic nitrogens is 4. The minimum atomic E-state index is 0.619. The van der Waals surface area contributed by atoms with Gasteiger partial charge in [0.05, 0.1) is 11.0 Å². The lowest BCUT2D eigenvalue weighted by Gasteiger charge is -2.11. The van der Waals surface area contributed by atoms with Gasteiger partial charge in [0.25, 0.3) is 0 Å². The maximum Gasteiger partial charge on any atom is 0.199 e. The fraction of sp³-hybridized carbons (Fsp3) is 0.0357. The molecule has 158 valence electrons. The first-order valence-electron chi connectivity index (χ1n) is 10.8. The maximum absolute atomic E-state index is 5.97. The molecule has 0 aliphatic heterocycles. The Bertz CT molecular complexity index is 1570. The van der Waals surface area contributed by atoms with Gasteiger partial charge in [-0.25, -0.2) is 15.0 Å². The second-order valence-electron chi connectivity index (χ2n) is 7.91. The van der Waals surface area contributed by atoms with Crippen LogP contribution in [0.3, 0.4) is 0 Å². The number of nitrogens with zero attached hydrogens (tertiary/aromatic N) is 4. The molecular formula is C28H20N4O. The summed E-state index contributed by atoms with van der Waals surface area (Å²) in [6.07, 6.45) is 0. The molecule has 2 aromatic heterocycles. The number of fused-ring (bicyclic) bond motifs is 2. The number of hydrogen-bond acceptors (Lipinski definition) is 4. The molecule has 33 heavy (non-hydrogen) atoms. The molecule has 0 saturated heterocycles. The average molecular weight is 428 g/mol. The molecule has 0 atom stereocenters. The largest absolute Gasteiger partial charge is 0.457 e. The summed E-state index contributed by atoms with van der Waals surface area (Å²) >= 11 is 0. The minimum Gasteiger partial charge on any atom is -0.457 e.